The average Bonchev–Trinajstić information content (AvgIpc) is 2.70. The van der Waals surface area contributed by atoms with Crippen LogP contribution in [0.2, 0.25) is 0 Å². The van der Waals surface area contributed by atoms with E-state index < -0.39 is 29.2 Å². The van der Waals surface area contributed by atoms with Gasteiger partial charge in [-0.1, -0.05) is 0 Å². The molecule has 0 N–H and O–H groups in total. The molecule has 0 aromatic rings. The fourth-order valence-electron chi connectivity index (χ4n) is 3.30. The van der Waals surface area contributed by atoms with Gasteiger partial charge in [0.1, 0.15) is 17.7 Å². The van der Waals surface area contributed by atoms with Crippen molar-refractivity contribution in [1.29, 1.82) is 0 Å². The van der Waals surface area contributed by atoms with Crippen LogP contribution in [0.4, 0.5) is 9.59 Å². The second-order valence-electron chi connectivity index (χ2n) is 7.54. The number of ether oxygens (including phenoxy) is 2. The first-order chi connectivity index (χ1) is 12.0. The molecule has 2 fully saturated rings. The standard InChI is InChI=1S/C17H27N3O6/c1-6-25-12(21)11-20-14(23)18(5)13(22)17(20)7-9-19(10-8-17)15(24)26-16(2,3)4/h6-11H2,1-5H3. The number of nitrogens with zero attached hydrogens (tertiary/aromatic N) is 3. The quantitative estimate of drug-likeness (QED) is 0.548. The summed E-state index contributed by atoms with van der Waals surface area (Å²) in [5.41, 5.74) is -1.72. The van der Waals surface area contributed by atoms with E-state index in [9.17, 15) is 19.2 Å². The molecule has 0 bridgehead atoms. The van der Waals surface area contributed by atoms with E-state index in [4.69, 9.17) is 9.47 Å². The molecule has 0 aromatic carbocycles. The molecule has 9 nitrogen and oxygen atoms in total. The third-order valence-corrected chi connectivity index (χ3v) is 4.57. The van der Waals surface area contributed by atoms with Gasteiger partial charge in [0.15, 0.2) is 0 Å². The maximum atomic E-state index is 12.7. The predicted octanol–water partition coefficient (Wildman–Crippen LogP) is 1.21. The third-order valence-electron chi connectivity index (χ3n) is 4.57. The largest absolute Gasteiger partial charge is 0.465 e. The smallest absolute Gasteiger partial charge is 0.410 e. The minimum atomic E-state index is -1.11. The Bertz CT molecular complexity index is 604. The summed E-state index contributed by atoms with van der Waals surface area (Å²) in [6.45, 7) is 7.47. The van der Waals surface area contributed by atoms with Gasteiger partial charge in [0.2, 0.25) is 0 Å². The number of amides is 4. The number of likely N-dealkylation sites (N-methyl/N-ethyl adjacent to an activating group) is 1. The van der Waals surface area contributed by atoms with Gasteiger partial charge < -0.3 is 14.4 Å². The Hall–Kier alpha value is -2.32. The van der Waals surface area contributed by atoms with Crippen LogP contribution in [-0.4, -0.2) is 83.1 Å². The highest BCUT2D eigenvalue weighted by Gasteiger charge is 2.57. The molecule has 0 aliphatic carbocycles. The Morgan fingerprint density at radius 2 is 1.73 bits per heavy atom. The van der Waals surface area contributed by atoms with Gasteiger partial charge in [-0.3, -0.25) is 19.4 Å². The van der Waals surface area contributed by atoms with Crippen LogP contribution in [0, 0.1) is 0 Å². The van der Waals surface area contributed by atoms with Gasteiger partial charge in [0.25, 0.3) is 5.91 Å². The van der Waals surface area contributed by atoms with Gasteiger partial charge in [0, 0.05) is 20.1 Å². The molecule has 2 saturated heterocycles. The lowest BCUT2D eigenvalue weighted by molar-refractivity contribution is -0.146. The van der Waals surface area contributed by atoms with E-state index >= 15 is 0 Å². The maximum absolute atomic E-state index is 12.7. The van der Waals surface area contributed by atoms with Gasteiger partial charge in [-0.05, 0) is 40.5 Å². The lowest BCUT2D eigenvalue weighted by Crippen LogP contribution is -2.58. The Morgan fingerprint density at radius 3 is 2.23 bits per heavy atom. The minimum Gasteiger partial charge on any atom is -0.465 e. The molecule has 0 atom stereocenters. The van der Waals surface area contributed by atoms with Crippen LogP contribution >= 0.6 is 0 Å². The van der Waals surface area contributed by atoms with Crippen LogP contribution < -0.4 is 0 Å². The van der Waals surface area contributed by atoms with Gasteiger partial charge in [-0.15, -0.1) is 0 Å². The number of hydrogen-bond acceptors (Lipinski definition) is 6. The SMILES string of the molecule is CCOC(=O)CN1C(=O)N(C)C(=O)C12CCN(C(=O)OC(C)(C)C)CC2. The summed E-state index contributed by atoms with van der Waals surface area (Å²) in [7, 11) is 1.40. The van der Waals surface area contributed by atoms with E-state index in [0.29, 0.717) is 0 Å². The highest BCUT2D eigenvalue weighted by Crippen LogP contribution is 2.36. The first-order valence-electron chi connectivity index (χ1n) is 8.75. The summed E-state index contributed by atoms with van der Waals surface area (Å²) < 4.78 is 10.3. The number of imide groups is 1. The summed E-state index contributed by atoms with van der Waals surface area (Å²) in [6.07, 6.45) is 0.0515. The molecule has 0 aromatic heterocycles. The van der Waals surface area contributed by atoms with Crippen molar-refractivity contribution in [3.05, 3.63) is 0 Å². The summed E-state index contributed by atoms with van der Waals surface area (Å²) in [6, 6.07) is -0.520. The van der Waals surface area contributed by atoms with E-state index in [1.807, 2.05) is 0 Å². The zero-order valence-corrected chi connectivity index (χ0v) is 16.0. The van der Waals surface area contributed by atoms with Gasteiger partial charge in [0.05, 0.1) is 6.61 Å². The van der Waals surface area contributed by atoms with E-state index in [0.717, 1.165) is 4.90 Å². The van der Waals surface area contributed by atoms with Crippen LogP contribution in [0.25, 0.3) is 0 Å². The van der Waals surface area contributed by atoms with Crippen molar-refractivity contribution < 1.29 is 28.7 Å². The first-order valence-corrected chi connectivity index (χ1v) is 8.75. The average molecular weight is 369 g/mol. The van der Waals surface area contributed by atoms with Crippen molar-refractivity contribution in [2.24, 2.45) is 0 Å². The molecule has 1 spiro atoms. The van der Waals surface area contributed by atoms with Gasteiger partial charge in [-0.2, -0.15) is 0 Å². The lowest BCUT2D eigenvalue weighted by atomic mass is 9.86. The fourth-order valence-corrected chi connectivity index (χ4v) is 3.30. The lowest BCUT2D eigenvalue weighted by Gasteiger charge is -2.41. The van der Waals surface area contributed by atoms with E-state index in [1.54, 1.807) is 27.7 Å². The van der Waals surface area contributed by atoms with Crippen molar-refractivity contribution in [2.75, 3.05) is 33.3 Å². The summed E-state index contributed by atoms with van der Waals surface area (Å²) >= 11 is 0. The second-order valence-corrected chi connectivity index (χ2v) is 7.54. The van der Waals surface area contributed by atoms with Crippen LogP contribution in [-0.2, 0) is 19.1 Å². The normalized spacial score (nSPS) is 20.0. The molecular formula is C17H27N3O6. The number of esters is 1. The number of rotatable bonds is 3. The topological polar surface area (TPSA) is 96.5 Å². The van der Waals surface area contributed by atoms with Crippen LogP contribution in [0.1, 0.15) is 40.5 Å². The fraction of sp³-hybridized carbons (Fsp3) is 0.765. The van der Waals surface area contributed by atoms with Crippen molar-refractivity contribution in [1.82, 2.24) is 14.7 Å². The molecule has 2 rings (SSSR count). The zero-order chi connectivity index (χ0) is 19.7. The van der Waals surface area contributed by atoms with Crippen LogP contribution in [0.15, 0.2) is 0 Å². The number of likely N-dealkylation sites (tertiary alicyclic amines) is 1. The molecule has 0 unspecified atom stereocenters. The molecule has 2 aliphatic rings. The maximum Gasteiger partial charge on any atom is 0.410 e. The van der Waals surface area contributed by atoms with Crippen molar-refractivity contribution >= 4 is 24.0 Å². The molecule has 146 valence electrons. The van der Waals surface area contributed by atoms with Crippen LogP contribution in [0.3, 0.4) is 0 Å². The monoisotopic (exact) mass is 369 g/mol. The third kappa shape index (κ3) is 3.76. The number of urea groups is 1. The zero-order valence-electron chi connectivity index (χ0n) is 16.0. The Morgan fingerprint density at radius 1 is 1.15 bits per heavy atom. The molecule has 2 aliphatic heterocycles. The van der Waals surface area contributed by atoms with E-state index in [2.05, 4.69) is 0 Å². The first kappa shape index (κ1) is 20.0. The van der Waals surface area contributed by atoms with Crippen LogP contribution in [0.5, 0.6) is 0 Å². The van der Waals surface area contributed by atoms with E-state index in [1.165, 1.54) is 16.8 Å². The van der Waals surface area contributed by atoms with Gasteiger partial charge in [-0.25, -0.2) is 9.59 Å². The van der Waals surface area contributed by atoms with Crippen molar-refractivity contribution in [3.63, 3.8) is 0 Å². The molecule has 2 heterocycles. The minimum absolute atomic E-state index is 0.198. The number of carbonyl (C=O) groups excluding carboxylic acids is 4. The molecule has 0 saturated carbocycles. The summed E-state index contributed by atoms with van der Waals surface area (Å²) in [4.78, 5) is 53.1. The predicted molar refractivity (Wildman–Crippen MR) is 91.3 cm³/mol. The molecule has 4 amide bonds. The molecular weight excluding hydrogens is 342 g/mol. The second kappa shape index (κ2) is 7.13. The van der Waals surface area contributed by atoms with Crippen molar-refractivity contribution in [2.45, 2.75) is 51.7 Å². The summed E-state index contributed by atoms with van der Waals surface area (Å²) in [5.74, 6) is -0.909. The molecule has 26 heavy (non-hydrogen) atoms. The van der Waals surface area contributed by atoms with E-state index in [-0.39, 0.29) is 45.0 Å². The number of carbonyl (C=O) groups is 4. The Kier molecular flexibility index (Phi) is 5.48. The highest BCUT2D eigenvalue weighted by atomic mass is 16.6. The Balaban J connectivity index is 2.14. The number of hydrogen-bond donors (Lipinski definition) is 0. The van der Waals surface area contributed by atoms with Gasteiger partial charge >= 0.3 is 18.1 Å². The highest BCUT2D eigenvalue weighted by molar-refractivity contribution is 6.07. The summed E-state index contributed by atoms with van der Waals surface area (Å²) in [5, 5.41) is 0. The number of piperidine rings is 1. The Labute approximate surface area is 153 Å². The molecule has 9 heteroatoms. The van der Waals surface area contributed by atoms with Crippen molar-refractivity contribution in [3.8, 4) is 0 Å². The molecule has 0 radical (unpaired) electrons.